The van der Waals surface area contributed by atoms with E-state index < -0.39 is 12.1 Å². The molecule has 1 aliphatic rings. The predicted octanol–water partition coefficient (Wildman–Crippen LogP) is 3.41. The zero-order chi connectivity index (χ0) is 18.3. The van der Waals surface area contributed by atoms with Crippen molar-refractivity contribution in [3.8, 4) is 10.7 Å². The van der Waals surface area contributed by atoms with E-state index >= 15 is 0 Å². The van der Waals surface area contributed by atoms with Gasteiger partial charge in [-0.2, -0.15) is 18.2 Å². The Labute approximate surface area is 149 Å². The van der Waals surface area contributed by atoms with E-state index in [1.54, 1.807) is 29.3 Å². The number of hydrogen-bond donors (Lipinski definition) is 0. The molecule has 0 N–H and O–H groups in total. The molecular weight excluding hydrogens is 369 g/mol. The minimum Gasteiger partial charge on any atom is -0.333 e. The first-order valence-corrected chi connectivity index (χ1v) is 8.45. The molecular formula is C16H11F3N4O2S. The number of rotatable bonds is 2. The average Bonchev–Trinajstić information content (AvgIpc) is 3.27. The number of alkyl halides is 3. The van der Waals surface area contributed by atoms with Gasteiger partial charge in [-0.1, -0.05) is 5.16 Å². The molecule has 3 aromatic heterocycles. The molecule has 0 saturated carbocycles. The standard InChI is InChI=1S/C16H11F3N4O2S/c17-16(18,19)15-21-13(22-25-15)11-6-9-3-5-23(8-12(9)26-11)14(24)10-2-1-4-20-7-10/h1-2,4,6-7H,3,5,8H2. The van der Waals surface area contributed by atoms with Crippen molar-refractivity contribution < 1.29 is 22.5 Å². The van der Waals surface area contributed by atoms with Crippen LogP contribution in [0.4, 0.5) is 13.2 Å². The summed E-state index contributed by atoms with van der Waals surface area (Å²) in [7, 11) is 0. The molecule has 0 radical (unpaired) electrons. The topological polar surface area (TPSA) is 72.1 Å². The summed E-state index contributed by atoms with van der Waals surface area (Å²) >= 11 is 1.27. The highest BCUT2D eigenvalue weighted by molar-refractivity contribution is 7.15. The second kappa shape index (κ2) is 6.20. The fraction of sp³-hybridized carbons (Fsp3) is 0.250. The molecule has 1 amide bonds. The fourth-order valence-corrected chi connectivity index (χ4v) is 3.87. The first kappa shape index (κ1) is 16.7. The molecule has 3 aromatic rings. The van der Waals surface area contributed by atoms with Gasteiger partial charge in [-0.05, 0) is 30.2 Å². The van der Waals surface area contributed by atoms with Gasteiger partial charge < -0.3 is 9.42 Å². The molecule has 0 aromatic carbocycles. The monoisotopic (exact) mass is 380 g/mol. The number of aromatic nitrogens is 3. The molecule has 0 saturated heterocycles. The zero-order valence-corrected chi connectivity index (χ0v) is 14.0. The zero-order valence-electron chi connectivity index (χ0n) is 13.2. The van der Waals surface area contributed by atoms with E-state index in [-0.39, 0.29) is 11.7 Å². The van der Waals surface area contributed by atoms with Crippen molar-refractivity contribution in [3.63, 3.8) is 0 Å². The van der Waals surface area contributed by atoms with Crippen LogP contribution < -0.4 is 0 Å². The van der Waals surface area contributed by atoms with Gasteiger partial charge >= 0.3 is 12.1 Å². The predicted molar refractivity (Wildman–Crippen MR) is 85.3 cm³/mol. The van der Waals surface area contributed by atoms with Crippen LogP contribution in [-0.4, -0.2) is 32.5 Å². The Kier molecular flexibility index (Phi) is 3.98. The Hall–Kier alpha value is -2.75. The molecule has 26 heavy (non-hydrogen) atoms. The number of pyridine rings is 1. The van der Waals surface area contributed by atoms with E-state index in [9.17, 15) is 18.0 Å². The van der Waals surface area contributed by atoms with Crippen LogP contribution in [0.15, 0.2) is 35.1 Å². The van der Waals surface area contributed by atoms with E-state index in [0.29, 0.717) is 30.0 Å². The van der Waals surface area contributed by atoms with Crippen molar-refractivity contribution in [2.45, 2.75) is 19.1 Å². The summed E-state index contributed by atoms with van der Waals surface area (Å²) in [6.45, 7) is 0.911. The van der Waals surface area contributed by atoms with E-state index in [0.717, 1.165) is 10.4 Å². The van der Waals surface area contributed by atoms with Gasteiger partial charge in [0.05, 0.1) is 17.0 Å². The van der Waals surface area contributed by atoms with Gasteiger partial charge in [-0.25, -0.2) is 0 Å². The summed E-state index contributed by atoms with van der Waals surface area (Å²) in [6.07, 6.45) is -0.955. The second-order valence-electron chi connectivity index (χ2n) is 5.70. The highest BCUT2D eigenvalue weighted by atomic mass is 32.1. The van der Waals surface area contributed by atoms with Gasteiger partial charge in [-0.15, -0.1) is 11.3 Å². The van der Waals surface area contributed by atoms with E-state index in [1.165, 1.54) is 17.5 Å². The van der Waals surface area contributed by atoms with Crippen LogP contribution in [-0.2, 0) is 19.1 Å². The van der Waals surface area contributed by atoms with Crippen LogP contribution in [0.1, 0.15) is 26.7 Å². The maximum absolute atomic E-state index is 12.6. The van der Waals surface area contributed by atoms with Gasteiger partial charge in [-0.3, -0.25) is 9.78 Å². The number of carbonyl (C=O) groups is 1. The van der Waals surface area contributed by atoms with Crippen molar-refractivity contribution in [2.75, 3.05) is 6.54 Å². The van der Waals surface area contributed by atoms with Crippen molar-refractivity contribution in [2.24, 2.45) is 0 Å². The molecule has 0 spiro atoms. The van der Waals surface area contributed by atoms with Crippen molar-refractivity contribution in [1.82, 2.24) is 20.0 Å². The third-order valence-electron chi connectivity index (χ3n) is 3.97. The first-order chi connectivity index (χ1) is 12.4. The molecule has 10 heteroatoms. The van der Waals surface area contributed by atoms with Gasteiger partial charge in [0.1, 0.15) is 0 Å². The lowest BCUT2D eigenvalue weighted by molar-refractivity contribution is -0.159. The SMILES string of the molecule is O=C(c1cccnc1)N1CCc2cc(-c3noc(C(F)(F)F)n3)sc2C1. The van der Waals surface area contributed by atoms with E-state index in [1.807, 2.05) is 0 Å². The molecule has 0 unspecified atom stereocenters. The fourth-order valence-electron chi connectivity index (χ4n) is 2.71. The largest absolute Gasteiger partial charge is 0.471 e. The molecule has 134 valence electrons. The summed E-state index contributed by atoms with van der Waals surface area (Å²) < 4.78 is 42.1. The van der Waals surface area contributed by atoms with Gasteiger partial charge in [0.25, 0.3) is 5.91 Å². The number of hydrogen-bond acceptors (Lipinski definition) is 6. The molecule has 0 aliphatic carbocycles. The molecule has 6 nitrogen and oxygen atoms in total. The van der Waals surface area contributed by atoms with E-state index in [4.69, 9.17) is 0 Å². The number of halogens is 3. The normalized spacial score (nSPS) is 14.3. The van der Waals surface area contributed by atoms with Crippen LogP contribution in [0, 0.1) is 0 Å². The lowest BCUT2D eigenvalue weighted by Gasteiger charge is -2.26. The summed E-state index contributed by atoms with van der Waals surface area (Å²) in [4.78, 5) is 23.0. The number of thiophene rings is 1. The summed E-state index contributed by atoms with van der Waals surface area (Å²) in [5.74, 6) is -1.59. The maximum atomic E-state index is 12.6. The highest BCUT2D eigenvalue weighted by Gasteiger charge is 2.38. The van der Waals surface area contributed by atoms with Crippen molar-refractivity contribution in [1.29, 1.82) is 0 Å². The Morgan fingerprint density at radius 3 is 2.88 bits per heavy atom. The van der Waals surface area contributed by atoms with Crippen LogP contribution in [0.2, 0.25) is 0 Å². The second-order valence-corrected chi connectivity index (χ2v) is 6.84. The Bertz CT molecular complexity index is 952. The summed E-state index contributed by atoms with van der Waals surface area (Å²) in [6, 6.07) is 5.15. The van der Waals surface area contributed by atoms with Crippen molar-refractivity contribution in [3.05, 3.63) is 52.5 Å². The van der Waals surface area contributed by atoms with Crippen LogP contribution in [0.5, 0.6) is 0 Å². The average molecular weight is 380 g/mol. The Morgan fingerprint density at radius 2 is 2.19 bits per heavy atom. The van der Waals surface area contributed by atoms with Crippen LogP contribution in [0.3, 0.4) is 0 Å². The number of amides is 1. The summed E-state index contributed by atoms with van der Waals surface area (Å²) in [5.41, 5.74) is 1.49. The Balaban J connectivity index is 1.56. The first-order valence-electron chi connectivity index (χ1n) is 7.64. The molecule has 0 atom stereocenters. The lowest BCUT2D eigenvalue weighted by atomic mass is 10.1. The molecule has 4 heterocycles. The van der Waals surface area contributed by atoms with Gasteiger partial charge in [0.2, 0.25) is 5.82 Å². The van der Waals surface area contributed by atoms with Gasteiger partial charge in [0.15, 0.2) is 0 Å². The smallest absolute Gasteiger partial charge is 0.333 e. The van der Waals surface area contributed by atoms with Crippen molar-refractivity contribution >= 4 is 17.2 Å². The third kappa shape index (κ3) is 3.07. The van der Waals surface area contributed by atoms with E-state index in [2.05, 4.69) is 19.6 Å². The lowest BCUT2D eigenvalue weighted by Crippen LogP contribution is -2.35. The molecule has 0 fully saturated rings. The number of fused-ring (bicyclic) bond motifs is 1. The minimum atomic E-state index is -4.67. The van der Waals surface area contributed by atoms with Crippen LogP contribution in [0.25, 0.3) is 10.7 Å². The Morgan fingerprint density at radius 1 is 1.35 bits per heavy atom. The number of nitrogens with zero attached hydrogens (tertiary/aromatic N) is 4. The maximum Gasteiger partial charge on any atom is 0.471 e. The van der Waals surface area contributed by atoms with Crippen LogP contribution >= 0.6 is 11.3 Å². The highest BCUT2D eigenvalue weighted by Crippen LogP contribution is 2.35. The molecule has 1 aliphatic heterocycles. The molecule has 0 bridgehead atoms. The molecule has 4 rings (SSSR count). The number of carbonyl (C=O) groups excluding carboxylic acids is 1. The quantitative estimate of drug-likeness (QED) is 0.681. The van der Waals surface area contributed by atoms with Gasteiger partial charge in [0, 0.05) is 23.8 Å². The minimum absolute atomic E-state index is 0.0955. The summed E-state index contributed by atoms with van der Waals surface area (Å²) in [5, 5.41) is 3.41. The third-order valence-corrected chi connectivity index (χ3v) is 5.12.